The fourth-order valence-corrected chi connectivity index (χ4v) is 4.25. The summed E-state index contributed by atoms with van der Waals surface area (Å²) in [5.41, 5.74) is 2.64. The number of hydrogen-bond acceptors (Lipinski definition) is 7. The molecule has 0 saturated carbocycles. The molecule has 2 N–H and O–H groups in total. The van der Waals surface area contributed by atoms with Crippen molar-refractivity contribution in [3.05, 3.63) is 69.8 Å². The van der Waals surface area contributed by atoms with Crippen LogP contribution in [0.4, 0.5) is 4.79 Å². The Hall–Kier alpha value is -3.92. The molecule has 2 amide bonds. The second-order valence-corrected chi connectivity index (χ2v) is 8.87. The molecule has 1 aliphatic rings. The van der Waals surface area contributed by atoms with E-state index >= 15 is 0 Å². The molecule has 1 atom stereocenters. The topological polar surface area (TPSA) is 116 Å². The van der Waals surface area contributed by atoms with Crippen molar-refractivity contribution in [1.29, 1.82) is 0 Å². The molecule has 186 valence electrons. The molecule has 2 heterocycles. The number of amides is 2. The van der Waals surface area contributed by atoms with E-state index in [1.54, 1.807) is 39.2 Å². The lowest BCUT2D eigenvalue weighted by Crippen LogP contribution is -2.50. The maximum Gasteiger partial charge on any atom is 0.339 e. The maximum atomic E-state index is 13.3. The first kappa shape index (κ1) is 25.2. The highest BCUT2D eigenvalue weighted by Crippen LogP contribution is 2.29. The molecular formula is C26H24BrN3O6. The van der Waals surface area contributed by atoms with Crippen molar-refractivity contribution in [1.82, 2.24) is 15.6 Å². The maximum absolute atomic E-state index is 13.3. The van der Waals surface area contributed by atoms with E-state index in [1.807, 2.05) is 30.3 Å². The minimum atomic E-state index is -0.633. The van der Waals surface area contributed by atoms with Gasteiger partial charge in [-0.3, -0.25) is 0 Å². The van der Waals surface area contributed by atoms with Gasteiger partial charge in [0.1, 0.15) is 12.4 Å². The van der Waals surface area contributed by atoms with Crippen LogP contribution >= 0.6 is 15.9 Å². The largest absolute Gasteiger partial charge is 0.497 e. The number of halogens is 1. The van der Waals surface area contributed by atoms with Gasteiger partial charge in [0, 0.05) is 15.4 Å². The molecule has 9 nitrogen and oxygen atoms in total. The number of carbonyl (C=O) groups excluding carboxylic acids is 3. The van der Waals surface area contributed by atoms with Gasteiger partial charge >= 0.3 is 18.0 Å². The van der Waals surface area contributed by atoms with Crippen molar-refractivity contribution in [2.45, 2.75) is 19.9 Å². The molecule has 0 bridgehead atoms. The zero-order chi connectivity index (χ0) is 25.8. The zero-order valence-corrected chi connectivity index (χ0v) is 21.5. The highest BCUT2D eigenvalue weighted by atomic mass is 79.9. The summed E-state index contributed by atoms with van der Waals surface area (Å²) in [6, 6.07) is 13.3. The lowest BCUT2D eigenvalue weighted by atomic mass is 10.0. The van der Waals surface area contributed by atoms with E-state index in [4.69, 9.17) is 19.2 Å². The first-order valence-electron chi connectivity index (χ1n) is 11.2. The standard InChI is InChI=1S/C26H24BrN3O6/c1-4-35-25(32)23-14(2)28-26(33)30-22(23)13-36-24(31)19-12-21(15-5-8-17(34-3)9-6-15)29-20-10-7-16(27)11-18(19)20/h5-12,14H,4,13H2,1-3H3,(H2,28,30,33). The highest BCUT2D eigenvalue weighted by molar-refractivity contribution is 9.10. The summed E-state index contributed by atoms with van der Waals surface area (Å²) in [5.74, 6) is -0.526. The van der Waals surface area contributed by atoms with E-state index in [-0.39, 0.29) is 24.5 Å². The Balaban J connectivity index is 1.69. The second kappa shape index (κ2) is 10.8. The first-order valence-corrected chi connectivity index (χ1v) is 12.0. The van der Waals surface area contributed by atoms with Gasteiger partial charge < -0.3 is 24.8 Å². The van der Waals surface area contributed by atoms with E-state index in [0.717, 1.165) is 10.0 Å². The smallest absolute Gasteiger partial charge is 0.339 e. The van der Waals surface area contributed by atoms with Crippen LogP contribution in [0.5, 0.6) is 5.75 Å². The summed E-state index contributed by atoms with van der Waals surface area (Å²) in [6.45, 7) is 3.19. The summed E-state index contributed by atoms with van der Waals surface area (Å²) in [7, 11) is 1.59. The van der Waals surface area contributed by atoms with Crippen molar-refractivity contribution in [2.24, 2.45) is 0 Å². The summed E-state index contributed by atoms with van der Waals surface area (Å²) >= 11 is 3.44. The van der Waals surface area contributed by atoms with Crippen molar-refractivity contribution in [3.63, 3.8) is 0 Å². The fraction of sp³-hybridized carbons (Fsp3) is 0.231. The predicted octanol–water partition coefficient (Wildman–Crippen LogP) is 4.35. The van der Waals surface area contributed by atoms with Gasteiger partial charge in [0.15, 0.2) is 0 Å². The van der Waals surface area contributed by atoms with E-state index < -0.39 is 24.0 Å². The number of rotatable bonds is 7. The lowest BCUT2D eigenvalue weighted by Gasteiger charge is -2.26. The fourth-order valence-electron chi connectivity index (χ4n) is 3.89. The Kier molecular flexibility index (Phi) is 7.54. The van der Waals surface area contributed by atoms with Crippen LogP contribution in [0.3, 0.4) is 0 Å². The second-order valence-electron chi connectivity index (χ2n) is 7.95. The number of pyridine rings is 1. The third kappa shape index (κ3) is 5.33. The molecule has 0 aliphatic carbocycles. The van der Waals surface area contributed by atoms with Crippen LogP contribution in [-0.2, 0) is 14.3 Å². The number of urea groups is 1. The Bertz CT molecular complexity index is 1370. The van der Waals surface area contributed by atoms with Gasteiger partial charge in [-0.1, -0.05) is 15.9 Å². The summed E-state index contributed by atoms with van der Waals surface area (Å²) in [4.78, 5) is 42.5. The van der Waals surface area contributed by atoms with E-state index in [2.05, 4.69) is 26.6 Å². The van der Waals surface area contributed by atoms with Crippen molar-refractivity contribution < 1.29 is 28.6 Å². The van der Waals surface area contributed by atoms with E-state index in [1.165, 1.54) is 0 Å². The number of methoxy groups -OCH3 is 1. The molecule has 3 aromatic rings. The van der Waals surface area contributed by atoms with Gasteiger partial charge in [0.2, 0.25) is 0 Å². The number of nitrogens with one attached hydrogen (secondary N) is 2. The van der Waals surface area contributed by atoms with E-state index in [0.29, 0.717) is 27.9 Å². The highest BCUT2D eigenvalue weighted by Gasteiger charge is 2.30. The zero-order valence-electron chi connectivity index (χ0n) is 19.9. The molecule has 0 spiro atoms. The van der Waals surface area contributed by atoms with Gasteiger partial charge in [-0.2, -0.15) is 0 Å². The third-order valence-electron chi connectivity index (χ3n) is 5.59. The van der Waals surface area contributed by atoms with Crippen LogP contribution in [0.2, 0.25) is 0 Å². The predicted molar refractivity (Wildman–Crippen MR) is 137 cm³/mol. The van der Waals surface area contributed by atoms with Crippen LogP contribution in [-0.4, -0.2) is 49.3 Å². The molecular weight excluding hydrogens is 530 g/mol. The molecule has 0 radical (unpaired) electrons. The molecule has 1 aliphatic heterocycles. The van der Waals surface area contributed by atoms with Crippen LogP contribution in [0, 0.1) is 0 Å². The molecule has 1 unspecified atom stereocenters. The van der Waals surface area contributed by atoms with Gasteiger partial charge in [-0.05, 0) is 62.4 Å². The average Bonchev–Trinajstić information content (AvgIpc) is 2.86. The van der Waals surface area contributed by atoms with Gasteiger partial charge in [0.25, 0.3) is 0 Å². The first-order chi connectivity index (χ1) is 17.3. The van der Waals surface area contributed by atoms with E-state index in [9.17, 15) is 14.4 Å². The number of benzene rings is 2. The summed E-state index contributed by atoms with van der Waals surface area (Å²) in [5, 5.41) is 5.76. The molecule has 2 aromatic carbocycles. The van der Waals surface area contributed by atoms with Crippen LogP contribution < -0.4 is 15.4 Å². The molecule has 0 saturated heterocycles. The number of aromatic nitrogens is 1. The Labute approximate surface area is 216 Å². The molecule has 36 heavy (non-hydrogen) atoms. The molecule has 4 rings (SSSR count). The van der Waals surface area contributed by atoms with Gasteiger partial charge in [-0.15, -0.1) is 0 Å². The quantitative estimate of drug-likeness (QED) is 0.418. The van der Waals surface area contributed by atoms with Crippen molar-refractivity contribution in [2.75, 3.05) is 20.3 Å². The Morgan fingerprint density at radius 1 is 1.06 bits per heavy atom. The summed E-state index contributed by atoms with van der Waals surface area (Å²) in [6.07, 6.45) is 0. The van der Waals surface area contributed by atoms with Crippen molar-refractivity contribution >= 4 is 44.8 Å². The van der Waals surface area contributed by atoms with Crippen LogP contribution in [0.15, 0.2) is 64.3 Å². The Morgan fingerprint density at radius 2 is 1.81 bits per heavy atom. The van der Waals surface area contributed by atoms with Gasteiger partial charge in [-0.25, -0.2) is 19.4 Å². The number of carbonyl (C=O) groups is 3. The molecule has 0 fully saturated rings. The lowest BCUT2D eigenvalue weighted by molar-refractivity contribution is -0.139. The third-order valence-corrected chi connectivity index (χ3v) is 6.08. The van der Waals surface area contributed by atoms with Crippen LogP contribution in [0.1, 0.15) is 24.2 Å². The van der Waals surface area contributed by atoms with Crippen LogP contribution in [0.25, 0.3) is 22.2 Å². The SMILES string of the molecule is CCOC(=O)C1=C(COC(=O)c2cc(-c3ccc(OC)cc3)nc3ccc(Br)cc23)NC(=O)NC1C. The molecule has 1 aromatic heterocycles. The Morgan fingerprint density at radius 3 is 2.50 bits per heavy atom. The minimum absolute atomic E-state index is 0.169. The van der Waals surface area contributed by atoms with Crippen molar-refractivity contribution in [3.8, 4) is 17.0 Å². The number of hydrogen-bond donors (Lipinski definition) is 2. The summed E-state index contributed by atoms with van der Waals surface area (Å²) < 4.78 is 16.7. The monoisotopic (exact) mass is 553 g/mol. The number of esters is 2. The number of ether oxygens (including phenoxy) is 3. The normalized spacial score (nSPS) is 15.2. The number of fused-ring (bicyclic) bond motifs is 1. The average molecular weight is 554 g/mol. The van der Waals surface area contributed by atoms with Gasteiger partial charge in [0.05, 0.1) is 47.8 Å². The minimum Gasteiger partial charge on any atom is -0.497 e. The molecule has 10 heteroatoms. The number of nitrogens with zero attached hydrogens (tertiary/aromatic N) is 1.